The van der Waals surface area contributed by atoms with Crippen molar-refractivity contribution in [3.63, 3.8) is 0 Å². The summed E-state index contributed by atoms with van der Waals surface area (Å²) in [7, 11) is 0. The summed E-state index contributed by atoms with van der Waals surface area (Å²) in [6, 6.07) is 3.58. The van der Waals surface area contributed by atoms with Crippen molar-refractivity contribution in [3.8, 4) is 0 Å². The lowest BCUT2D eigenvalue weighted by Crippen LogP contribution is -2.42. The van der Waals surface area contributed by atoms with Crippen LogP contribution in [0.1, 0.15) is 12.8 Å². The van der Waals surface area contributed by atoms with Gasteiger partial charge in [0.05, 0.1) is 11.9 Å². The fraction of sp³-hybridized carbons (Fsp3) is 0.462. The highest BCUT2D eigenvalue weighted by atomic mass is 35.5. The first-order valence-electron chi connectivity index (χ1n) is 6.25. The zero-order valence-electron chi connectivity index (χ0n) is 10.5. The highest BCUT2D eigenvalue weighted by molar-refractivity contribution is 6.27. The Balaban J connectivity index is 1.84. The van der Waals surface area contributed by atoms with Crippen molar-refractivity contribution in [3.05, 3.63) is 24.5 Å². The van der Waals surface area contributed by atoms with Crippen molar-refractivity contribution in [2.45, 2.75) is 12.8 Å². The van der Waals surface area contributed by atoms with Crippen LogP contribution in [0.15, 0.2) is 24.5 Å². The third kappa shape index (κ3) is 3.67. The largest absolute Gasteiger partial charge is 0.342 e. The number of nitrogens with one attached hydrogen (secondary N) is 1. The number of pyridine rings is 1. The van der Waals surface area contributed by atoms with E-state index in [4.69, 9.17) is 11.6 Å². The SMILES string of the molecule is O=C(Nc1cccnc1)C1CCN(C(=O)CCl)CC1. The average molecular weight is 282 g/mol. The smallest absolute Gasteiger partial charge is 0.237 e. The lowest BCUT2D eigenvalue weighted by atomic mass is 9.96. The molecule has 102 valence electrons. The third-order valence-electron chi connectivity index (χ3n) is 3.26. The summed E-state index contributed by atoms with van der Waals surface area (Å²) in [4.78, 5) is 29.1. The number of likely N-dealkylation sites (tertiary alicyclic amines) is 1. The summed E-state index contributed by atoms with van der Waals surface area (Å²) < 4.78 is 0. The number of aromatic nitrogens is 1. The molecule has 1 fully saturated rings. The molecule has 2 amide bonds. The molecule has 0 bridgehead atoms. The molecule has 2 rings (SSSR count). The molecular formula is C13H16ClN3O2. The van der Waals surface area contributed by atoms with Gasteiger partial charge in [-0.05, 0) is 25.0 Å². The van der Waals surface area contributed by atoms with Crippen LogP contribution in [0.5, 0.6) is 0 Å². The highest BCUT2D eigenvalue weighted by Gasteiger charge is 2.26. The van der Waals surface area contributed by atoms with Gasteiger partial charge in [-0.3, -0.25) is 14.6 Å². The normalized spacial score (nSPS) is 16.2. The van der Waals surface area contributed by atoms with Gasteiger partial charge >= 0.3 is 0 Å². The molecule has 0 aromatic carbocycles. The molecule has 0 saturated carbocycles. The first kappa shape index (κ1) is 13.8. The minimum absolute atomic E-state index is 0.00650. The Labute approximate surface area is 117 Å². The van der Waals surface area contributed by atoms with Crippen LogP contribution in [0.2, 0.25) is 0 Å². The van der Waals surface area contributed by atoms with Gasteiger partial charge in [-0.25, -0.2) is 0 Å². The fourth-order valence-corrected chi connectivity index (χ4v) is 2.33. The summed E-state index contributed by atoms with van der Waals surface area (Å²) >= 11 is 5.51. The Morgan fingerprint density at radius 1 is 1.42 bits per heavy atom. The topological polar surface area (TPSA) is 62.3 Å². The molecule has 19 heavy (non-hydrogen) atoms. The van der Waals surface area contributed by atoms with Crippen molar-refractivity contribution in [2.75, 3.05) is 24.3 Å². The van der Waals surface area contributed by atoms with Gasteiger partial charge in [0.25, 0.3) is 0 Å². The standard InChI is InChI=1S/C13H16ClN3O2/c14-8-12(18)17-6-3-10(4-7-17)13(19)16-11-2-1-5-15-9-11/h1-2,5,9-10H,3-4,6-8H2,(H,16,19). The van der Waals surface area contributed by atoms with Gasteiger partial charge in [0, 0.05) is 25.2 Å². The minimum Gasteiger partial charge on any atom is -0.342 e. The number of halogens is 1. The molecule has 5 nitrogen and oxygen atoms in total. The van der Waals surface area contributed by atoms with Crippen LogP contribution in [-0.4, -0.2) is 40.7 Å². The van der Waals surface area contributed by atoms with Crippen molar-refractivity contribution in [1.29, 1.82) is 0 Å². The van der Waals surface area contributed by atoms with Crippen molar-refractivity contribution >= 4 is 29.1 Å². The number of hydrogen-bond donors (Lipinski definition) is 1. The van der Waals surface area contributed by atoms with E-state index in [0.29, 0.717) is 31.6 Å². The second kappa shape index (κ2) is 6.52. The number of carbonyl (C=O) groups is 2. The molecule has 0 atom stereocenters. The number of carbonyl (C=O) groups excluding carboxylic acids is 2. The molecule has 1 saturated heterocycles. The molecule has 0 unspecified atom stereocenters. The predicted octanol–water partition coefficient (Wildman–Crippen LogP) is 1.50. The Bertz CT molecular complexity index is 444. The monoisotopic (exact) mass is 281 g/mol. The van der Waals surface area contributed by atoms with Gasteiger partial charge in [0.1, 0.15) is 5.88 Å². The van der Waals surface area contributed by atoms with E-state index in [-0.39, 0.29) is 23.6 Å². The van der Waals surface area contributed by atoms with Gasteiger partial charge < -0.3 is 10.2 Å². The molecule has 1 N–H and O–H groups in total. The Morgan fingerprint density at radius 2 is 2.16 bits per heavy atom. The lowest BCUT2D eigenvalue weighted by Gasteiger charge is -2.30. The zero-order valence-corrected chi connectivity index (χ0v) is 11.3. The van der Waals surface area contributed by atoms with Crippen LogP contribution < -0.4 is 5.32 Å². The minimum atomic E-state index is -0.0622. The third-order valence-corrected chi connectivity index (χ3v) is 3.49. The summed E-state index contributed by atoms with van der Waals surface area (Å²) in [5.41, 5.74) is 0.701. The summed E-state index contributed by atoms with van der Waals surface area (Å²) in [6.45, 7) is 1.19. The zero-order chi connectivity index (χ0) is 13.7. The highest BCUT2D eigenvalue weighted by Crippen LogP contribution is 2.19. The maximum absolute atomic E-state index is 12.0. The summed E-state index contributed by atoms with van der Waals surface area (Å²) in [5.74, 6) is -0.120. The van der Waals surface area contributed by atoms with Crippen LogP contribution in [0.3, 0.4) is 0 Å². The maximum Gasteiger partial charge on any atom is 0.237 e. The number of amides is 2. The summed E-state index contributed by atoms with van der Waals surface area (Å²) in [6.07, 6.45) is 4.62. The van der Waals surface area contributed by atoms with E-state index in [1.807, 2.05) is 0 Å². The first-order valence-corrected chi connectivity index (χ1v) is 6.79. The van der Waals surface area contributed by atoms with Gasteiger partial charge in [-0.1, -0.05) is 0 Å². The van der Waals surface area contributed by atoms with Crippen molar-refractivity contribution in [1.82, 2.24) is 9.88 Å². The van der Waals surface area contributed by atoms with Gasteiger partial charge in [-0.15, -0.1) is 11.6 Å². The van der Waals surface area contributed by atoms with E-state index in [0.717, 1.165) is 0 Å². The fourth-order valence-electron chi connectivity index (χ4n) is 2.16. The van der Waals surface area contributed by atoms with Gasteiger partial charge in [0.15, 0.2) is 0 Å². The molecule has 1 aliphatic heterocycles. The number of piperidine rings is 1. The first-order chi connectivity index (χ1) is 9.20. The Kier molecular flexibility index (Phi) is 4.74. The quantitative estimate of drug-likeness (QED) is 0.854. The molecule has 6 heteroatoms. The van der Waals surface area contributed by atoms with E-state index in [2.05, 4.69) is 10.3 Å². The molecule has 1 aliphatic rings. The second-order valence-electron chi connectivity index (χ2n) is 4.52. The molecule has 1 aromatic rings. The molecule has 0 spiro atoms. The maximum atomic E-state index is 12.0. The number of hydrogen-bond acceptors (Lipinski definition) is 3. The Morgan fingerprint density at radius 3 is 2.74 bits per heavy atom. The van der Waals surface area contributed by atoms with Crippen LogP contribution in [0.25, 0.3) is 0 Å². The molecule has 1 aromatic heterocycles. The van der Waals surface area contributed by atoms with Gasteiger partial charge in [-0.2, -0.15) is 0 Å². The summed E-state index contributed by atoms with van der Waals surface area (Å²) in [5, 5.41) is 2.84. The van der Waals surface area contributed by atoms with E-state index >= 15 is 0 Å². The number of anilines is 1. The molecule has 2 heterocycles. The van der Waals surface area contributed by atoms with E-state index in [9.17, 15) is 9.59 Å². The van der Waals surface area contributed by atoms with E-state index in [1.165, 1.54) is 0 Å². The molecule has 0 aliphatic carbocycles. The van der Waals surface area contributed by atoms with Crippen LogP contribution in [0, 0.1) is 5.92 Å². The van der Waals surface area contributed by atoms with E-state index in [1.54, 1.807) is 29.4 Å². The number of alkyl halides is 1. The molecular weight excluding hydrogens is 266 g/mol. The number of rotatable bonds is 3. The van der Waals surface area contributed by atoms with Crippen LogP contribution in [0.4, 0.5) is 5.69 Å². The van der Waals surface area contributed by atoms with Crippen LogP contribution >= 0.6 is 11.6 Å². The molecule has 0 radical (unpaired) electrons. The number of nitrogens with zero attached hydrogens (tertiary/aromatic N) is 2. The van der Waals surface area contributed by atoms with Crippen LogP contribution in [-0.2, 0) is 9.59 Å². The average Bonchev–Trinajstić information content (AvgIpc) is 2.47. The Hall–Kier alpha value is -1.62. The predicted molar refractivity (Wildman–Crippen MR) is 72.9 cm³/mol. The van der Waals surface area contributed by atoms with Crippen molar-refractivity contribution < 1.29 is 9.59 Å². The lowest BCUT2D eigenvalue weighted by molar-refractivity contribution is -0.132. The second-order valence-corrected chi connectivity index (χ2v) is 4.79. The van der Waals surface area contributed by atoms with Crippen molar-refractivity contribution in [2.24, 2.45) is 5.92 Å². The van der Waals surface area contributed by atoms with E-state index < -0.39 is 0 Å². The van der Waals surface area contributed by atoms with Gasteiger partial charge in [0.2, 0.25) is 11.8 Å².